The fourth-order valence-corrected chi connectivity index (χ4v) is 3.14. The van der Waals surface area contributed by atoms with Gasteiger partial charge in [-0.25, -0.2) is 0 Å². The fourth-order valence-electron chi connectivity index (χ4n) is 2.68. The smallest absolute Gasteiger partial charge is 0.196 e. The van der Waals surface area contributed by atoms with Crippen molar-refractivity contribution < 1.29 is 0 Å². The fraction of sp³-hybridized carbons (Fsp3) is 0.188. The van der Waals surface area contributed by atoms with Gasteiger partial charge in [-0.15, -0.1) is 0 Å². The first-order valence-corrected chi connectivity index (χ1v) is 7.79. The van der Waals surface area contributed by atoms with E-state index in [0.717, 1.165) is 20.7 Å². The van der Waals surface area contributed by atoms with Crippen LogP contribution in [-0.4, -0.2) is 12.5 Å². The quantitative estimate of drug-likeness (QED) is 0.869. The largest absolute Gasteiger partial charge is 0.369 e. The van der Waals surface area contributed by atoms with Crippen molar-refractivity contribution in [3.8, 4) is 0 Å². The van der Waals surface area contributed by atoms with Crippen LogP contribution in [0.3, 0.4) is 0 Å². The maximum Gasteiger partial charge on any atom is 0.196 e. The van der Waals surface area contributed by atoms with Crippen LogP contribution in [-0.2, 0) is 5.54 Å². The molecule has 1 unspecified atom stereocenters. The summed E-state index contributed by atoms with van der Waals surface area (Å²) in [6.45, 7) is 2.74. The molecule has 3 nitrogen and oxygen atoms in total. The van der Waals surface area contributed by atoms with E-state index < -0.39 is 0 Å². The normalized spacial score (nSPS) is 21.5. The lowest BCUT2D eigenvalue weighted by Gasteiger charge is -2.36. The second kappa shape index (κ2) is 5.35. The summed E-state index contributed by atoms with van der Waals surface area (Å²) in [5.41, 5.74) is 7.91. The number of guanidine groups is 1. The summed E-state index contributed by atoms with van der Waals surface area (Å²) in [5, 5.41) is 0.718. The predicted octanol–water partition coefficient (Wildman–Crippen LogP) is 4.15. The Kier molecular flexibility index (Phi) is 3.68. The van der Waals surface area contributed by atoms with Gasteiger partial charge >= 0.3 is 0 Å². The second-order valence-corrected chi connectivity index (χ2v) is 6.62. The molecule has 0 fully saturated rings. The molecule has 1 aliphatic heterocycles. The van der Waals surface area contributed by atoms with Crippen molar-refractivity contribution in [1.29, 1.82) is 0 Å². The zero-order valence-electron chi connectivity index (χ0n) is 11.6. The first kappa shape index (κ1) is 14.4. The molecule has 0 saturated carbocycles. The molecule has 0 bridgehead atoms. The monoisotopic (exact) mass is 363 g/mol. The zero-order valence-corrected chi connectivity index (χ0v) is 13.9. The molecule has 0 amide bonds. The Morgan fingerprint density at radius 1 is 1.24 bits per heavy atom. The number of hydrogen-bond donors (Lipinski definition) is 1. The van der Waals surface area contributed by atoms with Gasteiger partial charge in [0.1, 0.15) is 0 Å². The summed E-state index contributed by atoms with van der Waals surface area (Å²) in [4.78, 5) is 6.50. The highest BCUT2D eigenvalue weighted by molar-refractivity contribution is 9.10. The molecule has 3 rings (SSSR count). The predicted molar refractivity (Wildman–Crippen MR) is 91.9 cm³/mol. The number of nitrogens with zero attached hydrogens (tertiary/aromatic N) is 2. The Balaban J connectivity index is 2.07. The van der Waals surface area contributed by atoms with E-state index in [1.165, 1.54) is 0 Å². The number of rotatable bonds is 2. The van der Waals surface area contributed by atoms with Crippen molar-refractivity contribution in [1.82, 2.24) is 0 Å². The number of benzene rings is 2. The van der Waals surface area contributed by atoms with E-state index in [4.69, 9.17) is 17.3 Å². The molecule has 0 spiro atoms. The minimum absolute atomic E-state index is 0.331. The van der Waals surface area contributed by atoms with Crippen LogP contribution in [0.25, 0.3) is 0 Å². The van der Waals surface area contributed by atoms with E-state index in [0.29, 0.717) is 12.5 Å². The van der Waals surface area contributed by atoms with Gasteiger partial charge in [0.25, 0.3) is 0 Å². The van der Waals surface area contributed by atoms with Gasteiger partial charge < -0.3 is 10.6 Å². The molecule has 2 N–H and O–H groups in total. The Hall–Kier alpha value is -1.52. The molecule has 108 valence electrons. The standard InChI is InChI=1S/C16H15BrClN3/c1-16(11-3-2-4-13(18)9-11)10-20-15(19)21(16)14-7-5-12(17)6-8-14/h2-9H,10H2,1H3,(H2,19,20). The lowest BCUT2D eigenvalue weighted by molar-refractivity contribution is 0.533. The van der Waals surface area contributed by atoms with Gasteiger partial charge in [-0.2, -0.15) is 0 Å². The number of hydrogen-bond acceptors (Lipinski definition) is 3. The van der Waals surface area contributed by atoms with Crippen molar-refractivity contribution in [3.05, 3.63) is 63.6 Å². The highest BCUT2D eigenvalue weighted by Crippen LogP contribution is 2.37. The van der Waals surface area contributed by atoms with E-state index in [1.54, 1.807) is 0 Å². The third-order valence-electron chi connectivity index (χ3n) is 3.80. The molecule has 1 aliphatic rings. The lowest BCUT2D eigenvalue weighted by atomic mass is 9.90. The van der Waals surface area contributed by atoms with Crippen LogP contribution in [0.2, 0.25) is 5.02 Å². The van der Waals surface area contributed by atoms with Crippen molar-refractivity contribution in [2.75, 3.05) is 11.4 Å². The maximum absolute atomic E-state index is 6.14. The first-order chi connectivity index (χ1) is 10.0. The molecule has 5 heteroatoms. The molecular weight excluding hydrogens is 350 g/mol. The molecule has 0 radical (unpaired) electrons. The van der Waals surface area contributed by atoms with Crippen LogP contribution < -0.4 is 10.6 Å². The highest BCUT2D eigenvalue weighted by Gasteiger charge is 2.40. The van der Waals surface area contributed by atoms with Crippen LogP contribution in [0, 0.1) is 0 Å². The van der Waals surface area contributed by atoms with Gasteiger partial charge in [-0.1, -0.05) is 39.7 Å². The van der Waals surface area contributed by atoms with Gasteiger partial charge in [0.2, 0.25) is 0 Å². The molecule has 1 atom stereocenters. The van der Waals surface area contributed by atoms with Crippen LogP contribution in [0.4, 0.5) is 5.69 Å². The third kappa shape index (κ3) is 2.54. The Morgan fingerprint density at radius 3 is 2.62 bits per heavy atom. The maximum atomic E-state index is 6.14. The first-order valence-electron chi connectivity index (χ1n) is 6.62. The average molecular weight is 365 g/mol. The topological polar surface area (TPSA) is 41.6 Å². The number of nitrogens with two attached hydrogens (primary N) is 1. The second-order valence-electron chi connectivity index (χ2n) is 5.27. The van der Waals surface area contributed by atoms with Crippen LogP contribution in [0.15, 0.2) is 58.0 Å². The molecule has 0 aliphatic carbocycles. The van der Waals surface area contributed by atoms with E-state index in [-0.39, 0.29) is 5.54 Å². The highest BCUT2D eigenvalue weighted by atomic mass is 79.9. The van der Waals surface area contributed by atoms with Crippen LogP contribution >= 0.6 is 27.5 Å². The third-order valence-corrected chi connectivity index (χ3v) is 4.57. The minimum atomic E-state index is -0.331. The van der Waals surface area contributed by atoms with Gasteiger partial charge in [0.05, 0.1) is 12.1 Å². The summed E-state index contributed by atoms with van der Waals surface area (Å²) in [6, 6.07) is 15.9. The van der Waals surface area contributed by atoms with E-state index in [2.05, 4.69) is 38.8 Å². The zero-order chi connectivity index (χ0) is 15.0. The summed E-state index contributed by atoms with van der Waals surface area (Å²) >= 11 is 9.60. The summed E-state index contributed by atoms with van der Waals surface area (Å²) in [7, 11) is 0. The van der Waals surface area contributed by atoms with Gasteiger partial charge in [0, 0.05) is 15.2 Å². The Labute approximate surface area is 137 Å². The van der Waals surface area contributed by atoms with Crippen molar-refractivity contribution >= 4 is 39.2 Å². The van der Waals surface area contributed by atoms with Crippen LogP contribution in [0.1, 0.15) is 12.5 Å². The average Bonchev–Trinajstić information content (AvgIpc) is 2.77. The van der Waals surface area contributed by atoms with Crippen molar-refractivity contribution in [2.45, 2.75) is 12.5 Å². The lowest BCUT2D eigenvalue weighted by Crippen LogP contribution is -2.47. The van der Waals surface area contributed by atoms with E-state index in [9.17, 15) is 0 Å². The van der Waals surface area contributed by atoms with Crippen LogP contribution in [0.5, 0.6) is 0 Å². The number of halogens is 2. The molecular formula is C16H15BrClN3. The molecule has 2 aromatic rings. The molecule has 0 aromatic heterocycles. The van der Waals surface area contributed by atoms with Crippen molar-refractivity contribution in [3.63, 3.8) is 0 Å². The molecule has 2 aromatic carbocycles. The SMILES string of the molecule is CC1(c2cccc(Cl)c2)CN=C(N)N1c1ccc(Br)cc1. The minimum Gasteiger partial charge on any atom is -0.369 e. The van der Waals surface area contributed by atoms with E-state index >= 15 is 0 Å². The summed E-state index contributed by atoms with van der Waals surface area (Å²) in [6.07, 6.45) is 0. The van der Waals surface area contributed by atoms with Gasteiger partial charge in [-0.05, 0) is 48.9 Å². The number of aliphatic imine (C=N–C) groups is 1. The molecule has 1 heterocycles. The van der Waals surface area contributed by atoms with Gasteiger partial charge in [-0.3, -0.25) is 4.99 Å². The molecule has 0 saturated heterocycles. The Bertz CT molecular complexity index is 699. The van der Waals surface area contributed by atoms with Crippen molar-refractivity contribution in [2.24, 2.45) is 10.7 Å². The number of anilines is 1. The van der Waals surface area contributed by atoms with E-state index in [1.807, 2.05) is 42.5 Å². The Morgan fingerprint density at radius 2 is 1.95 bits per heavy atom. The van der Waals surface area contributed by atoms with Gasteiger partial charge in [0.15, 0.2) is 5.96 Å². The summed E-state index contributed by atoms with van der Waals surface area (Å²) < 4.78 is 1.03. The summed E-state index contributed by atoms with van der Waals surface area (Å²) in [5.74, 6) is 0.528. The molecule has 21 heavy (non-hydrogen) atoms.